The van der Waals surface area contributed by atoms with Crippen molar-refractivity contribution in [3.63, 3.8) is 0 Å². The number of benzene rings is 1. The Balaban J connectivity index is 2.12. The van der Waals surface area contributed by atoms with Gasteiger partial charge in [-0.15, -0.1) is 0 Å². The molecule has 0 bridgehead atoms. The third-order valence-corrected chi connectivity index (χ3v) is 5.83. The summed E-state index contributed by atoms with van der Waals surface area (Å²) < 4.78 is 7.38. The van der Waals surface area contributed by atoms with Crippen molar-refractivity contribution in [1.29, 1.82) is 0 Å². The van der Waals surface area contributed by atoms with Crippen LogP contribution in [-0.4, -0.2) is 59.5 Å². The van der Waals surface area contributed by atoms with Gasteiger partial charge in [0.2, 0.25) is 11.8 Å². The van der Waals surface area contributed by atoms with Gasteiger partial charge in [-0.3, -0.25) is 9.59 Å². The Kier molecular flexibility index (Phi) is 11.7. The molecule has 0 atom stereocenters. The summed E-state index contributed by atoms with van der Waals surface area (Å²) in [7, 11) is 1.62. The van der Waals surface area contributed by atoms with Gasteiger partial charge in [-0.1, -0.05) is 56.5 Å². The molecule has 6 nitrogen and oxygen atoms in total. The molecule has 2 aromatic rings. The van der Waals surface area contributed by atoms with E-state index in [9.17, 15) is 9.59 Å². The Bertz CT molecular complexity index is 862. The van der Waals surface area contributed by atoms with E-state index >= 15 is 0 Å². The van der Waals surface area contributed by atoms with E-state index in [0.29, 0.717) is 32.7 Å². The second-order valence-corrected chi connectivity index (χ2v) is 8.70. The maximum absolute atomic E-state index is 13.3. The van der Waals surface area contributed by atoms with Crippen molar-refractivity contribution in [2.45, 2.75) is 66.0 Å². The summed E-state index contributed by atoms with van der Waals surface area (Å²) in [4.78, 5) is 29.6. The molecule has 6 heteroatoms. The number of rotatable bonds is 15. The molecule has 0 fully saturated rings. The topological polar surface area (TPSA) is 54.8 Å². The smallest absolute Gasteiger partial charge is 0.242 e. The zero-order chi connectivity index (χ0) is 24.1. The molecular weight excluding hydrogens is 414 g/mol. The standard InChI is InChI=1S/C27H41N3O3/c1-5-7-14-26(31)30(17-18-33-4)22-27(32)29(15-8-6-2)21-25-13-10-16-28(25)20-24-12-9-11-23(3)19-24/h9-13,16,19H,5-8,14-15,17-18,20-22H2,1-4H3. The molecule has 33 heavy (non-hydrogen) atoms. The number of hydrogen-bond acceptors (Lipinski definition) is 3. The van der Waals surface area contributed by atoms with Crippen molar-refractivity contribution < 1.29 is 14.3 Å². The first-order chi connectivity index (χ1) is 16.0. The Labute approximate surface area is 199 Å². The summed E-state index contributed by atoms with van der Waals surface area (Å²) in [5.74, 6) is 0.0215. The van der Waals surface area contributed by atoms with E-state index in [1.54, 1.807) is 12.0 Å². The van der Waals surface area contributed by atoms with Crippen LogP contribution in [0.2, 0.25) is 0 Å². The van der Waals surface area contributed by atoms with Crippen LogP contribution in [0.3, 0.4) is 0 Å². The SMILES string of the molecule is CCCCC(=O)N(CCOC)CC(=O)N(CCCC)Cc1cccn1Cc1cccc(C)c1. The highest BCUT2D eigenvalue weighted by atomic mass is 16.5. The van der Waals surface area contributed by atoms with E-state index in [1.807, 2.05) is 11.0 Å². The average Bonchev–Trinajstić information content (AvgIpc) is 3.23. The lowest BCUT2D eigenvalue weighted by atomic mass is 10.1. The number of unbranched alkanes of at least 4 members (excludes halogenated alkanes) is 2. The highest BCUT2D eigenvalue weighted by Crippen LogP contribution is 2.13. The van der Waals surface area contributed by atoms with Crippen molar-refractivity contribution in [1.82, 2.24) is 14.4 Å². The third-order valence-electron chi connectivity index (χ3n) is 5.83. The lowest BCUT2D eigenvalue weighted by Gasteiger charge is -2.28. The molecule has 2 amide bonds. The molecular formula is C27H41N3O3. The normalized spacial score (nSPS) is 10.9. The van der Waals surface area contributed by atoms with Crippen molar-refractivity contribution in [2.24, 2.45) is 0 Å². The van der Waals surface area contributed by atoms with Gasteiger partial charge in [-0.2, -0.15) is 0 Å². The first-order valence-corrected chi connectivity index (χ1v) is 12.2. The summed E-state index contributed by atoms with van der Waals surface area (Å²) in [5, 5.41) is 0. The third kappa shape index (κ3) is 9.04. The van der Waals surface area contributed by atoms with Crippen molar-refractivity contribution in [3.8, 4) is 0 Å². The Morgan fingerprint density at radius 1 is 0.970 bits per heavy atom. The summed E-state index contributed by atoms with van der Waals surface area (Å²) in [6.45, 7) is 9.27. The van der Waals surface area contributed by atoms with Gasteiger partial charge in [0.05, 0.1) is 19.7 Å². The first-order valence-electron chi connectivity index (χ1n) is 12.2. The molecule has 0 saturated heterocycles. The Hall–Kier alpha value is -2.60. The molecule has 0 aliphatic rings. The van der Waals surface area contributed by atoms with Crippen molar-refractivity contribution in [3.05, 3.63) is 59.4 Å². The van der Waals surface area contributed by atoms with Crippen LogP contribution in [-0.2, 0) is 27.4 Å². The van der Waals surface area contributed by atoms with E-state index in [4.69, 9.17) is 4.74 Å². The highest BCUT2D eigenvalue weighted by Gasteiger charge is 2.21. The molecule has 1 aromatic heterocycles. The Morgan fingerprint density at radius 2 is 1.76 bits per heavy atom. The van der Waals surface area contributed by atoms with Gasteiger partial charge < -0.3 is 19.1 Å². The number of hydrogen-bond donors (Lipinski definition) is 0. The lowest BCUT2D eigenvalue weighted by molar-refractivity contribution is -0.141. The highest BCUT2D eigenvalue weighted by molar-refractivity contribution is 5.84. The minimum absolute atomic E-state index is 0.00675. The van der Waals surface area contributed by atoms with Gasteiger partial charge in [0, 0.05) is 45.1 Å². The number of aryl methyl sites for hydroxylation is 1. The van der Waals surface area contributed by atoms with Gasteiger partial charge in [0.25, 0.3) is 0 Å². The van der Waals surface area contributed by atoms with Crippen LogP contribution in [0.25, 0.3) is 0 Å². The second kappa shape index (κ2) is 14.5. The molecule has 0 N–H and O–H groups in total. The fourth-order valence-electron chi connectivity index (χ4n) is 3.83. The molecule has 0 aliphatic heterocycles. The first kappa shape index (κ1) is 26.7. The minimum atomic E-state index is -0.00675. The molecule has 0 aliphatic carbocycles. The number of methoxy groups -OCH3 is 1. The van der Waals surface area contributed by atoms with Gasteiger partial charge >= 0.3 is 0 Å². The summed E-state index contributed by atoms with van der Waals surface area (Å²) in [5.41, 5.74) is 3.58. The van der Waals surface area contributed by atoms with Crippen LogP contribution in [0, 0.1) is 6.92 Å². The monoisotopic (exact) mass is 455 g/mol. The van der Waals surface area contributed by atoms with E-state index in [0.717, 1.165) is 37.9 Å². The van der Waals surface area contributed by atoms with E-state index in [1.165, 1.54) is 11.1 Å². The predicted molar refractivity (Wildman–Crippen MR) is 133 cm³/mol. The lowest BCUT2D eigenvalue weighted by Crippen LogP contribution is -2.44. The number of carbonyl (C=O) groups is 2. The van der Waals surface area contributed by atoms with Crippen molar-refractivity contribution >= 4 is 11.8 Å². The number of amides is 2. The largest absolute Gasteiger partial charge is 0.383 e. The molecule has 1 heterocycles. The second-order valence-electron chi connectivity index (χ2n) is 8.70. The Morgan fingerprint density at radius 3 is 2.45 bits per heavy atom. The number of carbonyl (C=O) groups excluding carboxylic acids is 2. The summed E-state index contributed by atoms with van der Waals surface area (Å²) in [6, 6.07) is 12.6. The summed E-state index contributed by atoms with van der Waals surface area (Å²) >= 11 is 0. The predicted octanol–water partition coefficient (Wildman–Crippen LogP) is 4.64. The van der Waals surface area contributed by atoms with Crippen LogP contribution in [0.5, 0.6) is 0 Å². The average molecular weight is 456 g/mol. The van der Waals surface area contributed by atoms with Gasteiger partial charge in [-0.25, -0.2) is 0 Å². The fourth-order valence-corrected chi connectivity index (χ4v) is 3.83. The zero-order valence-corrected chi connectivity index (χ0v) is 20.9. The van der Waals surface area contributed by atoms with Crippen molar-refractivity contribution in [2.75, 3.05) is 33.4 Å². The van der Waals surface area contributed by atoms with Gasteiger partial charge in [0.15, 0.2) is 0 Å². The number of aromatic nitrogens is 1. The van der Waals surface area contributed by atoms with Crippen LogP contribution in [0.1, 0.15) is 62.8 Å². The van der Waals surface area contributed by atoms with Gasteiger partial charge in [-0.05, 0) is 37.5 Å². The molecule has 0 spiro atoms. The molecule has 182 valence electrons. The van der Waals surface area contributed by atoms with Crippen LogP contribution < -0.4 is 0 Å². The molecule has 0 saturated carbocycles. The van der Waals surface area contributed by atoms with Gasteiger partial charge in [0.1, 0.15) is 0 Å². The fraction of sp³-hybridized carbons (Fsp3) is 0.556. The molecule has 1 aromatic carbocycles. The van der Waals surface area contributed by atoms with Crippen LogP contribution in [0.4, 0.5) is 0 Å². The van der Waals surface area contributed by atoms with Crippen LogP contribution in [0.15, 0.2) is 42.6 Å². The summed E-state index contributed by atoms with van der Waals surface area (Å²) in [6.07, 6.45) is 6.28. The number of ether oxygens (including phenoxy) is 1. The van der Waals surface area contributed by atoms with Crippen LogP contribution >= 0.6 is 0 Å². The minimum Gasteiger partial charge on any atom is -0.383 e. The molecule has 2 rings (SSSR count). The maximum Gasteiger partial charge on any atom is 0.242 e. The van der Waals surface area contributed by atoms with E-state index < -0.39 is 0 Å². The number of nitrogens with zero attached hydrogens (tertiary/aromatic N) is 3. The van der Waals surface area contributed by atoms with E-state index in [2.05, 4.69) is 61.9 Å². The molecule has 0 radical (unpaired) electrons. The zero-order valence-electron chi connectivity index (χ0n) is 20.9. The molecule has 0 unspecified atom stereocenters. The van der Waals surface area contributed by atoms with E-state index in [-0.39, 0.29) is 18.4 Å². The maximum atomic E-state index is 13.3. The quantitative estimate of drug-likeness (QED) is 0.393.